The predicted molar refractivity (Wildman–Crippen MR) is 109 cm³/mol. The number of ether oxygens (including phenoxy) is 2. The number of carbonyl (C=O) groups excluding carboxylic acids is 1. The number of benzene rings is 1. The van der Waals surface area contributed by atoms with Crippen molar-refractivity contribution in [1.82, 2.24) is 10.3 Å². The number of aromatic nitrogens is 1. The van der Waals surface area contributed by atoms with Crippen LogP contribution in [0.5, 0.6) is 11.5 Å². The molecule has 0 aliphatic carbocycles. The number of aliphatic hydroxyl groups excluding tert-OH is 1. The molecule has 2 aromatic rings. The lowest BCUT2D eigenvalue weighted by Gasteiger charge is -2.16. The molecule has 0 amide bonds. The number of aryl methyl sites for hydroxylation is 1. The van der Waals surface area contributed by atoms with E-state index >= 15 is 0 Å². The van der Waals surface area contributed by atoms with Gasteiger partial charge in [0.05, 0.1) is 0 Å². The van der Waals surface area contributed by atoms with Crippen molar-refractivity contribution >= 4 is 5.78 Å². The molecule has 6 nitrogen and oxygen atoms in total. The van der Waals surface area contributed by atoms with Crippen LogP contribution in [-0.2, 0) is 0 Å². The van der Waals surface area contributed by atoms with E-state index in [9.17, 15) is 9.90 Å². The van der Waals surface area contributed by atoms with Crippen LogP contribution in [0.4, 0.5) is 0 Å². The van der Waals surface area contributed by atoms with Crippen LogP contribution >= 0.6 is 0 Å². The number of hydrogen-bond donors (Lipinski definition) is 2. The van der Waals surface area contributed by atoms with Crippen LogP contribution in [0, 0.1) is 6.92 Å². The Morgan fingerprint density at radius 3 is 2.68 bits per heavy atom. The van der Waals surface area contributed by atoms with E-state index in [0.717, 1.165) is 5.56 Å². The topological polar surface area (TPSA) is 80.7 Å². The van der Waals surface area contributed by atoms with E-state index in [1.165, 1.54) is 6.08 Å². The summed E-state index contributed by atoms with van der Waals surface area (Å²) in [5.74, 6) is 1.02. The van der Waals surface area contributed by atoms with E-state index in [2.05, 4.69) is 16.9 Å². The van der Waals surface area contributed by atoms with E-state index in [1.54, 1.807) is 43.6 Å². The van der Waals surface area contributed by atoms with Crippen LogP contribution in [0.25, 0.3) is 0 Å². The zero-order valence-electron chi connectivity index (χ0n) is 16.2. The summed E-state index contributed by atoms with van der Waals surface area (Å²) in [4.78, 5) is 16.3. The second-order valence-corrected chi connectivity index (χ2v) is 6.27. The largest absolute Gasteiger partial charge is 0.487 e. The first-order valence-corrected chi connectivity index (χ1v) is 9.02. The maximum atomic E-state index is 12.3. The third-order valence-electron chi connectivity index (χ3n) is 3.91. The number of para-hydroxylation sites is 2. The second kappa shape index (κ2) is 10.9. The number of ketones is 1. The molecule has 1 aromatic carbocycles. The Hall–Kier alpha value is -3.12. The maximum Gasteiger partial charge on any atom is 0.189 e. The molecule has 0 spiro atoms. The van der Waals surface area contributed by atoms with Gasteiger partial charge in [-0.15, -0.1) is 0 Å². The summed E-state index contributed by atoms with van der Waals surface area (Å²) in [6, 6.07) is 9.04. The predicted octanol–water partition coefficient (Wildman–Crippen LogP) is 3.07. The lowest BCUT2D eigenvalue weighted by Crippen LogP contribution is -2.30. The summed E-state index contributed by atoms with van der Waals surface area (Å²) in [6.07, 6.45) is 5.59. The van der Waals surface area contributed by atoms with Gasteiger partial charge in [-0.3, -0.25) is 9.78 Å². The highest BCUT2D eigenvalue weighted by Crippen LogP contribution is 2.26. The average molecular weight is 382 g/mol. The van der Waals surface area contributed by atoms with Gasteiger partial charge in [-0.1, -0.05) is 24.8 Å². The van der Waals surface area contributed by atoms with Gasteiger partial charge in [-0.05, 0) is 37.6 Å². The minimum atomic E-state index is -0.758. The molecule has 1 heterocycles. The summed E-state index contributed by atoms with van der Waals surface area (Å²) in [5.41, 5.74) is 2.08. The average Bonchev–Trinajstić information content (AvgIpc) is 2.70. The Balaban J connectivity index is 1.84. The summed E-state index contributed by atoms with van der Waals surface area (Å²) in [7, 11) is 0. The summed E-state index contributed by atoms with van der Waals surface area (Å²) in [6.45, 7) is 7.96. The van der Waals surface area contributed by atoms with Gasteiger partial charge in [0.1, 0.15) is 19.3 Å². The Morgan fingerprint density at radius 2 is 2.00 bits per heavy atom. The van der Waals surface area contributed by atoms with Crippen LogP contribution in [0.2, 0.25) is 0 Å². The lowest BCUT2D eigenvalue weighted by molar-refractivity contribution is 0.103. The molecule has 2 N–H and O–H groups in total. The van der Waals surface area contributed by atoms with Crippen molar-refractivity contribution in [3.63, 3.8) is 0 Å². The molecule has 148 valence electrons. The normalized spacial score (nSPS) is 12.2. The molecule has 6 heteroatoms. The molecule has 0 bridgehead atoms. The number of carbonyl (C=O) groups is 1. The molecular formula is C22H26N2O4. The zero-order chi connectivity index (χ0) is 20.4. The first-order chi connectivity index (χ1) is 13.5. The fraction of sp³-hybridized carbons (Fsp3) is 0.273. The van der Waals surface area contributed by atoms with Crippen LogP contribution in [-0.4, -0.2) is 41.7 Å². The number of aliphatic hydroxyl groups is 1. The van der Waals surface area contributed by atoms with E-state index in [4.69, 9.17) is 9.47 Å². The zero-order valence-corrected chi connectivity index (χ0v) is 16.2. The molecule has 0 aliphatic heterocycles. The van der Waals surface area contributed by atoms with Gasteiger partial charge >= 0.3 is 0 Å². The molecule has 0 radical (unpaired) electrons. The van der Waals surface area contributed by atoms with E-state index in [-0.39, 0.29) is 18.9 Å². The smallest absolute Gasteiger partial charge is 0.189 e. The first-order valence-electron chi connectivity index (χ1n) is 9.02. The third kappa shape index (κ3) is 6.55. The van der Waals surface area contributed by atoms with E-state index in [0.29, 0.717) is 29.4 Å². The molecule has 0 fully saturated rings. The van der Waals surface area contributed by atoms with Gasteiger partial charge in [-0.25, -0.2) is 0 Å². The van der Waals surface area contributed by atoms with Crippen molar-refractivity contribution in [3.8, 4) is 11.5 Å². The monoisotopic (exact) mass is 382 g/mol. The van der Waals surface area contributed by atoms with Crippen molar-refractivity contribution < 1.29 is 19.4 Å². The molecular weight excluding hydrogens is 356 g/mol. The minimum absolute atomic E-state index is 0.0877. The Morgan fingerprint density at radius 1 is 1.29 bits per heavy atom. The second-order valence-electron chi connectivity index (χ2n) is 6.27. The van der Waals surface area contributed by atoms with Crippen molar-refractivity contribution in [2.45, 2.75) is 20.0 Å². The number of nitrogens with one attached hydrogen (secondary N) is 1. The van der Waals surface area contributed by atoms with Gasteiger partial charge in [0, 0.05) is 36.3 Å². The highest BCUT2D eigenvalue weighted by Gasteiger charge is 2.10. The van der Waals surface area contributed by atoms with Crippen LogP contribution in [0.3, 0.4) is 0 Å². The Kier molecular flexibility index (Phi) is 8.24. The summed E-state index contributed by atoms with van der Waals surface area (Å²) < 4.78 is 11.2. The third-order valence-corrected chi connectivity index (χ3v) is 3.91. The highest BCUT2D eigenvalue weighted by atomic mass is 16.5. The minimum Gasteiger partial charge on any atom is -0.487 e. The molecule has 0 saturated carbocycles. The van der Waals surface area contributed by atoms with Crippen LogP contribution in [0.15, 0.2) is 67.2 Å². The Bertz CT molecular complexity index is 833. The van der Waals surface area contributed by atoms with Gasteiger partial charge in [-0.2, -0.15) is 0 Å². The molecule has 1 aromatic heterocycles. The Labute approximate surface area is 165 Å². The van der Waals surface area contributed by atoms with Gasteiger partial charge in [0.15, 0.2) is 17.3 Å². The number of pyridine rings is 1. The quantitative estimate of drug-likeness (QED) is 0.353. The maximum absolute atomic E-state index is 12.3. The number of allylic oxidation sites excluding steroid dienone is 2. The SMILES string of the molecule is C=CCOc1ccccc1OCC(O)CN/C(C)=C/C(=O)c1cnccc1C. The summed E-state index contributed by atoms with van der Waals surface area (Å²) >= 11 is 0. The highest BCUT2D eigenvalue weighted by molar-refractivity contribution is 6.05. The number of hydrogen-bond acceptors (Lipinski definition) is 6. The molecule has 1 unspecified atom stereocenters. The molecule has 1 atom stereocenters. The van der Waals surface area contributed by atoms with Crippen molar-refractivity contribution in [1.29, 1.82) is 0 Å². The van der Waals surface area contributed by atoms with Gasteiger partial charge in [0.2, 0.25) is 0 Å². The molecule has 0 saturated heterocycles. The van der Waals surface area contributed by atoms with Gasteiger partial charge in [0.25, 0.3) is 0 Å². The van der Waals surface area contributed by atoms with Crippen molar-refractivity contribution in [3.05, 3.63) is 78.3 Å². The molecule has 2 rings (SSSR count). The summed E-state index contributed by atoms with van der Waals surface area (Å²) in [5, 5.41) is 13.2. The number of nitrogens with zero attached hydrogens (tertiary/aromatic N) is 1. The van der Waals surface area contributed by atoms with E-state index in [1.807, 2.05) is 19.1 Å². The van der Waals surface area contributed by atoms with Crippen molar-refractivity contribution in [2.75, 3.05) is 19.8 Å². The standard InChI is InChI=1S/C22H26N2O4/c1-4-11-27-21-7-5-6-8-22(21)28-15-18(25)13-24-17(3)12-20(26)19-14-23-10-9-16(19)2/h4-10,12,14,18,24-25H,1,11,13,15H2,2-3H3/b17-12+. The molecule has 0 aliphatic rings. The lowest BCUT2D eigenvalue weighted by atomic mass is 10.1. The van der Waals surface area contributed by atoms with Gasteiger partial charge < -0.3 is 19.9 Å². The molecule has 28 heavy (non-hydrogen) atoms. The number of rotatable bonds is 11. The van der Waals surface area contributed by atoms with Crippen molar-refractivity contribution in [2.24, 2.45) is 0 Å². The fourth-order valence-electron chi connectivity index (χ4n) is 2.41. The van der Waals surface area contributed by atoms with Crippen LogP contribution in [0.1, 0.15) is 22.8 Å². The van der Waals surface area contributed by atoms with Crippen LogP contribution < -0.4 is 14.8 Å². The van der Waals surface area contributed by atoms with E-state index < -0.39 is 6.10 Å². The first kappa shape index (κ1) is 21.2. The fourth-order valence-corrected chi connectivity index (χ4v) is 2.41.